The zero-order valence-corrected chi connectivity index (χ0v) is 15.0. The van der Waals surface area contributed by atoms with Gasteiger partial charge in [0, 0.05) is 24.8 Å². The van der Waals surface area contributed by atoms with Gasteiger partial charge in [-0.3, -0.25) is 4.79 Å². The third kappa shape index (κ3) is 4.84. The fourth-order valence-electron chi connectivity index (χ4n) is 3.63. The van der Waals surface area contributed by atoms with E-state index in [1.165, 1.54) is 0 Å². The summed E-state index contributed by atoms with van der Waals surface area (Å²) in [4.78, 5) is 18.9. The van der Waals surface area contributed by atoms with Gasteiger partial charge in [0.2, 0.25) is 11.8 Å². The van der Waals surface area contributed by atoms with E-state index < -0.39 is 0 Å². The molecule has 0 radical (unpaired) electrons. The summed E-state index contributed by atoms with van der Waals surface area (Å²) < 4.78 is 5.90. The van der Waals surface area contributed by atoms with Crippen LogP contribution in [-0.2, 0) is 4.79 Å². The molecule has 1 atom stereocenters. The first-order valence-electron chi connectivity index (χ1n) is 8.87. The summed E-state index contributed by atoms with van der Waals surface area (Å²) in [6, 6.07) is 3.87. The van der Waals surface area contributed by atoms with Gasteiger partial charge in [-0.05, 0) is 58.2 Å². The predicted octanol–water partition coefficient (Wildman–Crippen LogP) is 2.88. The summed E-state index contributed by atoms with van der Waals surface area (Å²) in [6.07, 6.45) is 7.72. The molecule has 5 nitrogen and oxygen atoms in total. The molecule has 0 bridgehead atoms. The summed E-state index contributed by atoms with van der Waals surface area (Å²) in [6.45, 7) is 1.98. The topological polar surface area (TPSA) is 54.5 Å². The van der Waals surface area contributed by atoms with Crippen LogP contribution in [0.4, 0.5) is 0 Å². The number of halogens is 1. The van der Waals surface area contributed by atoms with Crippen molar-refractivity contribution in [2.24, 2.45) is 5.92 Å². The summed E-state index contributed by atoms with van der Waals surface area (Å²) in [5.41, 5.74) is 0. The normalized spacial score (nSPS) is 28.3. The van der Waals surface area contributed by atoms with Gasteiger partial charge < -0.3 is 15.0 Å². The number of ether oxygens (including phenoxy) is 1. The lowest BCUT2D eigenvalue weighted by Gasteiger charge is -2.32. The molecule has 0 aromatic carbocycles. The molecule has 1 saturated heterocycles. The number of aromatic nitrogens is 1. The molecule has 1 saturated carbocycles. The van der Waals surface area contributed by atoms with Crippen LogP contribution in [-0.4, -0.2) is 48.1 Å². The van der Waals surface area contributed by atoms with Crippen LogP contribution in [0.2, 0.25) is 5.02 Å². The Labute approximate surface area is 148 Å². The molecule has 0 spiro atoms. The number of rotatable bonds is 4. The summed E-state index contributed by atoms with van der Waals surface area (Å²) in [5, 5.41) is 3.86. The number of hydrogen-bond acceptors (Lipinski definition) is 4. The van der Waals surface area contributed by atoms with Crippen LogP contribution >= 0.6 is 11.6 Å². The van der Waals surface area contributed by atoms with Crippen LogP contribution < -0.4 is 10.1 Å². The van der Waals surface area contributed by atoms with Gasteiger partial charge in [0.1, 0.15) is 6.10 Å². The van der Waals surface area contributed by atoms with E-state index in [1.54, 1.807) is 18.3 Å². The fourth-order valence-corrected chi connectivity index (χ4v) is 3.74. The largest absolute Gasteiger partial charge is 0.474 e. The number of pyridine rings is 1. The fraction of sp³-hybridized carbons (Fsp3) is 0.667. The van der Waals surface area contributed by atoms with Gasteiger partial charge in [0.05, 0.1) is 10.9 Å². The van der Waals surface area contributed by atoms with E-state index >= 15 is 0 Å². The van der Waals surface area contributed by atoms with Crippen molar-refractivity contribution in [1.82, 2.24) is 15.2 Å². The highest BCUT2D eigenvalue weighted by molar-refractivity contribution is 6.30. The minimum absolute atomic E-state index is 0.149. The SMILES string of the molecule is CN1CCCC(C(=O)NC2CCC(Oc3ccc(Cl)cn3)CC2)C1. The highest BCUT2D eigenvalue weighted by atomic mass is 35.5. The Hall–Kier alpha value is -1.33. The van der Waals surface area contributed by atoms with Crippen LogP contribution in [0.1, 0.15) is 38.5 Å². The molecule has 1 N–H and O–H groups in total. The molecule has 2 heterocycles. The molecule has 24 heavy (non-hydrogen) atoms. The van der Waals surface area contributed by atoms with Gasteiger partial charge in [-0.15, -0.1) is 0 Å². The maximum absolute atomic E-state index is 12.4. The molecule has 1 aliphatic carbocycles. The van der Waals surface area contributed by atoms with E-state index in [2.05, 4.69) is 22.2 Å². The van der Waals surface area contributed by atoms with Crippen molar-refractivity contribution >= 4 is 17.5 Å². The third-order valence-corrected chi connectivity index (χ3v) is 5.23. The van der Waals surface area contributed by atoms with E-state index in [9.17, 15) is 4.79 Å². The first kappa shape index (κ1) is 17.5. The molecular weight excluding hydrogens is 326 g/mol. The molecule has 2 fully saturated rings. The molecule has 2 aliphatic rings. The van der Waals surface area contributed by atoms with Gasteiger partial charge in [-0.2, -0.15) is 0 Å². The predicted molar refractivity (Wildman–Crippen MR) is 94.3 cm³/mol. The van der Waals surface area contributed by atoms with Crippen molar-refractivity contribution in [2.75, 3.05) is 20.1 Å². The Morgan fingerprint density at radius 3 is 2.75 bits per heavy atom. The van der Waals surface area contributed by atoms with Crippen molar-refractivity contribution in [3.63, 3.8) is 0 Å². The minimum Gasteiger partial charge on any atom is -0.474 e. The third-order valence-electron chi connectivity index (χ3n) is 5.00. The summed E-state index contributed by atoms with van der Waals surface area (Å²) in [5.74, 6) is 0.999. The number of hydrogen-bond donors (Lipinski definition) is 1. The average molecular weight is 352 g/mol. The zero-order chi connectivity index (χ0) is 16.9. The molecule has 1 unspecified atom stereocenters. The number of piperidine rings is 1. The van der Waals surface area contributed by atoms with Crippen molar-refractivity contribution in [2.45, 2.75) is 50.7 Å². The first-order chi connectivity index (χ1) is 11.6. The second kappa shape index (κ2) is 8.17. The molecule has 3 rings (SSSR count). The molecule has 1 aromatic heterocycles. The molecule has 132 valence electrons. The maximum atomic E-state index is 12.4. The lowest BCUT2D eigenvalue weighted by atomic mass is 9.91. The first-order valence-corrected chi connectivity index (χ1v) is 9.25. The van der Waals surface area contributed by atoms with Crippen LogP contribution in [0, 0.1) is 5.92 Å². The summed E-state index contributed by atoms with van der Waals surface area (Å²) in [7, 11) is 2.09. The molecule has 6 heteroatoms. The highest BCUT2D eigenvalue weighted by Gasteiger charge is 2.28. The smallest absolute Gasteiger partial charge is 0.224 e. The van der Waals surface area contributed by atoms with Gasteiger partial charge in [-0.1, -0.05) is 11.6 Å². The maximum Gasteiger partial charge on any atom is 0.224 e. The molecule has 1 aliphatic heterocycles. The monoisotopic (exact) mass is 351 g/mol. The number of carbonyl (C=O) groups excluding carboxylic acids is 1. The number of nitrogens with zero attached hydrogens (tertiary/aromatic N) is 2. The second-order valence-electron chi connectivity index (χ2n) is 7.02. The Morgan fingerprint density at radius 2 is 2.08 bits per heavy atom. The Kier molecular flexibility index (Phi) is 5.95. The zero-order valence-electron chi connectivity index (χ0n) is 14.2. The van der Waals surface area contributed by atoms with Crippen LogP contribution in [0.25, 0.3) is 0 Å². The molecule has 1 amide bonds. The quantitative estimate of drug-likeness (QED) is 0.906. The molecular formula is C18H26ClN3O2. The Balaban J connectivity index is 1.41. The van der Waals surface area contributed by atoms with Crippen molar-refractivity contribution in [3.05, 3.63) is 23.4 Å². The minimum atomic E-state index is 0.149. The van der Waals surface area contributed by atoms with E-state index in [4.69, 9.17) is 16.3 Å². The van der Waals surface area contributed by atoms with Gasteiger partial charge in [0.25, 0.3) is 0 Å². The van der Waals surface area contributed by atoms with Crippen LogP contribution in [0.15, 0.2) is 18.3 Å². The van der Waals surface area contributed by atoms with Gasteiger partial charge in [-0.25, -0.2) is 4.98 Å². The second-order valence-corrected chi connectivity index (χ2v) is 7.45. The lowest BCUT2D eigenvalue weighted by molar-refractivity contribution is -0.127. The molecule has 1 aromatic rings. The van der Waals surface area contributed by atoms with Crippen molar-refractivity contribution < 1.29 is 9.53 Å². The van der Waals surface area contributed by atoms with E-state index in [0.29, 0.717) is 10.9 Å². The van der Waals surface area contributed by atoms with E-state index in [1.807, 2.05) is 0 Å². The lowest BCUT2D eigenvalue weighted by Crippen LogP contribution is -2.46. The van der Waals surface area contributed by atoms with Crippen LogP contribution in [0.3, 0.4) is 0 Å². The standard InChI is InChI=1S/C18H26ClN3O2/c1-22-10-2-3-13(12-22)18(23)21-15-5-7-16(8-6-15)24-17-9-4-14(19)11-20-17/h4,9,11,13,15-16H,2-3,5-8,10,12H2,1H3,(H,21,23). The van der Waals surface area contributed by atoms with E-state index in [0.717, 1.165) is 51.6 Å². The Morgan fingerprint density at radius 1 is 1.29 bits per heavy atom. The van der Waals surface area contributed by atoms with Gasteiger partial charge in [0.15, 0.2) is 0 Å². The van der Waals surface area contributed by atoms with Crippen LogP contribution in [0.5, 0.6) is 5.88 Å². The highest BCUT2D eigenvalue weighted by Crippen LogP contribution is 2.24. The van der Waals surface area contributed by atoms with Crippen molar-refractivity contribution in [3.8, 4) is 5.88 Å². The number of nitrogens with one attached hydrogen (secondary N) is 1. The number of amides is 1. The number of likely N-dealkylation sites (tertiary alicyclic amines) is 1. The van der Waals surface area contributed by atoms with Crippen molar-refractivity contribution in [1.29, 1.82) is 0 Å². The van der Waals surface area contributed by atoms with Gasteiger partial charge >= 0.3 is 0 Å². The summed E-state index contributed by atoms with van der Waals surface area (Å²) >= 11 is 5.83. The van der Waals surface area contributed by atoms with E-state index in [-0.39, 0.29) is 24.0 Å². The Bertz CT molecular complexity index is 544. The average Bonchev–Trinajstić information content (AvgIpc) is 2.59. The number of carbonyl (C=O) groups is 1.